The minimum absolute atomic E-state index is 0.149. The molecule has 3 aromatic rings. The fourth-order valence-electron chi connectivity index (χ4n) is 3.45. The second kappa shape index (κ2) is 10.2. The molecule has 1 aromatic heterocycles. The van der Waals surface area contributed by atoms with E-state index < -0.39 is 0 Å². The SMILES string of the molecule is CC1CCN(Cc2ccc(C(=O)Nc3nnc(SCc4ccccc4)s3)cc2)CC1. The molecule has 30 heavy (non-hydrogen) atoms. The number of piperidine rings is 1. The predicted molar refractivity (Wildman–Crippen MR) is 124 cm³/mol. The standard InChI is InChI=1S/C23H26N4OS2/c1-17-11-13-27(14-12-17)15-18-7-9-20(10-8-18)21(28)24-22-25-26-23(30-22)29-16-19-5-3-2-4-6-19/h2-10,17H,11-16H2,1H3,(H,24,25,28). The number of benzene rings is 2. The highest BCUT2D eigenvalue weighted by Crippen LogP contribution is 2.28. The average molecular weight is 439 g/mol. The number of amides is 1. The number of rotatable bonds is 7. The molecule has 4 rings (SSSR count). The van der Waals surface area contributed by atoms with Crippen molar-refractivity contribution in [2.45, 2.75) is 36.4 Å². The first kappa shape index (κ1) is 21.0. The molecule has 5 nitrogen and oxygen atoms in total. The van der Waals surface area contributed by atoms with Crippen LogP contribution in [0.3, 0.4) is 0 Å². The van der Waals surface area contributed by atoms with Crippen molar-refractivity contribution in [3.63, 3.8) is 0 Å². The highest BCUT2D eigenvalue weighted by atomic mass is 32.2. The average Bonchev–Trinajstić information content (AvgIpc) is 3.22. The maximum absolute atomic E-state index is 12.6. The highest BCUT2D eigenvalue weighted by molar-refractivity contribution is 8.00. The summed E-state index contributed by atoms with van der Waals surface area (Å²) in [6, 6.07) is 18.1. The highest BCUT2D eigenvalue weighted by Gasteiger charge is 2.16. The van der Waals surface area contributed by atoms with Gasteiger partial charge >= 0.3 is 0 Å². The minimum atomic E-state index is -0.149. The molecular weight excluding hydrogens is 412 g/mol. The molecule has 1 aliphatic heterocycles. The number of hydrogen-bond acceptors (Lipinski definition) is 6. The molecule has 0 atom stereocenters. The smallest absolute Gasteiger partial charge is 0.257 e. The predicted octanol–water partition coefficient (Wildman–Crippen LogP) is 5.31. The fourth-order valence-corrected chi connectivity index (χ4v) is 5.15. The molecule has 156 valence electrons. The Morgan fingerprint density at radius 1 is 1.07 bits per heavy atom. The number of aromatic nitrogens is 2. The summed E-state index contributed by atoms with van der Waals surface area (Å²) in [4.78, 5) is 15.0. The summed E-state index contributed by atoms with van der Waals surface area (Å²) in [6.07, 6.45) is 2.54. The molecule has 7 heteroatoms. The summed E-state index contributed by atoms with van der Waals surface area (Å²) in [6.45, 7) is 5.59. The topological polar surface area (TPSA) is 58.1 Å². The summed E-state index contributed by atoms with van der Waals surface area (Å²) >= 11 is 3.03. The monoisotopic (exact) mass is 438 g/mol. The maximum Gasteiger partial charge on any atom is 0.257 e. The molecule has 0 saturated carbocycles. The van der Waals surface area contributed by atoms with E-state index in [1.54, 1.807) is 11.8 Å². The zero-order valence-electron chi connectivity index (χ0n) is 17.1. The van der Waals surface area contributed by atoms with E-state index in [1.807, 2.05) is 42.5 Å². The van der Waals surface area contributed by atoms with Crippen LogP contribution in [0.15, 0.2) is 58.9 Å². The molecular formula is C23H26N4OS2. The quantitative estimate of drug-likeness (QED) is 0.400. The second-order valence-electron chi connectivity index (χ2n) is 7.76. The Labute approximate surface area is 185 Å². The van der Waals surface area contributed by atoms with Crippen molar-refractivity contribution >= 4 is 34.1 Å². The van der Waals surface area contributed by atoms with Gasteiger partial charge in [-0.15, -0.1) is 10.2 Å². The minimum Gasteiger partial charge on any atom is -0.299 e. The third kappa shape index (κ3) is 5.90. The third-order valence-corrected chi connectivity index (χ3v) is 7.37. The van der Waals surface area contributed by atoms with Crippen molar-refractivity contribution in [2.24, 2.45) is 5.92 Å². The Balaban J connectivity index is 1.28. The number of likely N-dealkylation sites (tertiary alicyclic amines) is 1. The van der Waals surface area contributed by atoms with Crippen LogP contribution >= 0.6 is 23.1 Å². The van der Waals surface area contributed by atoms with Gasteiger partial charge in [0.05, 0.1) is 0 Å². The number of thioether (sulfide) groups is 1. The zero-order chi connectivity index (χ0) is 20.8. The Morgan fingerprint density at radius 3 is 2.53 bits per heavy atom. The van der Waals surface area contributed by atoms with Gasteiger partial charge in [0, 0.05) is 17.9 Å². The van der Waals surface area contributed by atoms with Gasteiger partial charge in [0.25, 0.3) is 5.91 Å². The number of carbonyl (C=O) groups is 1. The van der Waals surface area contributed by atoms with Crippen molar-refractivity contribution in [3.05, 3.63) is 71.3 Å². The van der Waals surface area contributed by atoms with Crippen LogP contribution in [0.25, 0.3) is 0 Å². The molecule has 0 aliphatic carbocycles. The summed E-state index contributed by atoms with van der Waals surface area (Å²) in [5.74, 6) is 1.52. The van der Waals surface area contributed by atoms with Gasteiger partial charge in [-0.3, -0.25) is 15.0 Å². The number of nitrogens with one attached hydrogen (secondary N) is 1. The van der Waals surface area contributed by atoms with Crippen molar-refractivity contribution < 1.29 is 4.79 Å². The van der Waals surface area contributed by atoms with E-state index in [-0.39, 0.29) is 5.91 Å². The number of hydrogen-bond donors (Lipinski definition) is 1. The van der Waals surface area contributed by atoms with Crippen LogP contribution in [0.1, 0.15) is 41.3 Å². The van der Waals surface area contributed by atoms with Crippen molar-refractivity contribution in [2.75, 3.05) is 18.4 Å². The van der Waals surface area contributed by atoms with Crippen LogP contribution in [0.5, 0.6) is 0 Å². The van der Waals surface area contributed by atoms with Crippen LogP contribution in [-0.2, 0) is 12.3 Å². The molecule has 1 saturated heterocycles. The van der Waals surface area contributed by atoms with Gasteiger partial charge in [0.1, 0.15) is 0 Å². The molecule has 0 unspecified atom stereocenters. The first-order valence-electron chi connectivity index (χ1n) is 10.3. The van der Waals surface area contributed by atoms with E-state index in [4.69, 9.17) is 0 Å². The van der Waals surface area contributed by atoms with Gasteiger partial charge in [0.2, 0.25) is 5.13 Å². The largest absolute Gasteiger partial charge is 0.299 e. The Bertz CT molecular complexity index is 951. The van der Waals surface area contributed by atoms with Crippen LogP contribution in [0, 0.1) is 5.92 Å². The Kier molecular flexibility index (Phi) is 7.15. The van der Waals surface area contributed by atoms with Crippen molar-refractivity contribution in [1.82, 2.24) is 15.1 Å². The molecule has 1 aliphatic rings. The van der Waals surface area contributed by atoms with Crippen LogP contribution < -0.4 is 5.32 Å². The number of anilines is 1. The van der Waals surface area contributed by atoms with Gasteiger partial charge in [0.15, 0.2) is 4.34 Å². The molecule has 0 spiro atoms. The molecule has 2 heterocycles. The molecule has 1 N–H and O–H groups in total. The summed E-state index contributed by atoms with van der Waals surface area (Å²) < 4.78 is 0.848. The van der Waals surface area contributed by atoms with E-state index in [2.05, 4.69) is 39.5 Å². The summed E-state index contributed by atoms with van der Waals surface area (Å²) in [7, 11) is 0. The first-order chi connectivity index (χ1) is 14.7. The lowest BCUT2D eigenvalue weighted by Crippen LogP contribution is -2.32. The summed E-state index contributed by atoms with van der Waals surface area (Å²) in [5, 5.41) is 11.7. The van der Waals surface area contributed by atoms with Gasteiger partial charge in [-0.2, -0.15) is 0 Å². The maximum atomic E-state index is 12.6. The molecule has 2 aromatic carbocycles. The molecule has 0 bridgehead atoms. The molecule has 1 fully saturated rings. The van der Waals surface area contributed by atoms with E-state index in [1.165, 1.54) is 35.3 Å². The third-order valence-electron chi connectivity index (χ3n) is 5.33. The second-order valence-corrected chi connectivity index (χ2v) is 9.96. The van der Waals surface area contributed by atoms with Gasteiger partial charge in [-0.05, 0) is 55.1 Å². The lowest BCUT2D eigenvalue weighted by Gasteiger charge is -2.30. The number of nitrogens with zero attached hydrogens (tertiary/aromatic N) is 3. The van der Waals surface area contributed by atoms with E-state index in [0.29, 0.717) is 10.7 Å². The van der Waals surface area contributed by atoms with Crippen molar-refractivity contribution in [1.29, 1.82) is 0 Å². The Hall–Kier alpha value is -2.22. The van der Waals surface area contributed by atoms with Gasteiger partial charge < -0.3 is 0 Å². The lowest BCUT2D eigenvalue weighted by molar-refractivity contribution is 0.102. The zero-order valence-corrected chi connectivity index (χ0v) is 18.7. The Morgan fingerprint density at radius 2 is 1.80 bits per heavy atom. The van der Waals surface area contributed by atoms with E-state index in [9.17, 15) is 4.79 Å². The normalized spacial score (nSPS) is 15.2. The first-order valence-corrected chi connectivity index (χ1v) is 12.1. The van der Waals surface area contributed by atoms with Crippen LogP contribution in [0.2, 0.25) is 0 Å². The molecule has 1 amide bonds. The van der Waals surface area contributed by atoms with Crippen molar-refractivity contribution in [3.8, 4) is 0 Å². The number of carbonyl (C=O) groups excluding carboxylic acids is 1. The summed E-state index contributed by atoms with van der Waals surface area (Å²) in [5.41, 5.74) is 3.12. The van der Waals surface area contributed by atoms with Gasteiger partial charge in [-0.25, -0.2) is 0 Å². The lowest BCUT2D eigenvalue weighted by atomic mass is 9.99. The molecule has 0 radical (unpaired) electrons. The fraction of sp³-hybridized carbons (Fsp3) is 0.348. The van der Waals surface area contributed by atoms with Crippen LogP contribution in [0.4, 0.5) is 5.13 Å². The van der Waals surface area contributed by atoms with E-state index >= 15 is 0 Å². The van der Waals surface area contributed by atoms with Crippen LogP contribution in [-0.4, -0.2) is 34.1 Å². The van der Waals surface area contributed by atoms with Gasteiger partial charge in [-0.1, -0.05) is 72.5 Å². The van der Waals surface area contributed by atoms with E-state index in [0.717, 1.165) is 35.6 Å².